The average molecular weight is 338 g/mol. The van der Waals surface area contributed by atoms with Crippen molar-refractivity contribution in [3.8, 4) is 11.4 Å². The number of aromatic amines is 1. The lowest BCUT2D eigenvalue weighted by Gasteiger charge is -2.13. The molecule has 0 aromatic carbocycles. The molecular weight excluding hydrogens is 320 g/mol. The van der Waals surface area contributed by atoms with Crippen LogP contribution in [0.1, 0.15) is 28.7 Å². The number of aromatic nitrogens is 5. The molecule has 25 heavy (non-hydrogen) atoms. The molecule has 0 saturated carbocycles. The van der Waals surface area contributed by atoms with Crippen LogP contribution >= 0.6 is 0 Å². The van der Waals surface area contributed by atoms with Gasteiger partial charge in [0.2, 0.25) is 5.95 Å². The van der Waals surface area contributed by atoms with Crippen LogP contribution in [0.5, 0.6) is 0 Å². The summed E-state index contributed by atoms with van der Waals surface area (Å²) in [6.45, 7) is 3.97. The van der Waals surface area contributed by atoms with Crippen molar-refractivity contribution in [1.29, 1.82) is 0 Å². The molecule has 1 atom stereocenters. The molecule has 3 heterocycles. The number of carboxylic acids is 1. The molecule has 0 aliphatic rings. The summed E-state index contributed by atoms with van der Waals surface area (Å²) in [7, 11) is 0. The molecule has 3 aromatic rings. The lowest BCUT2D eigenvalue weighted by molar-refractivity contribution is 0.0697. The maximum atomic E-state index is 11.1. The summed E-state index contributed by atoms with van der Waals surface area (Å²) in [6.07, 6.45) is 3.80. The van der Waals surface area contributed by atoms with E-state index >= 15 is 0 Å². The first-order chi connectivity index (χ1) is 12.0. The molecule has 0 aliphatic heterocycles. The van der Waals surface area contributed by atoms with Crippen LogP contribution in [-0.2, 0) is 6.42 Å². The second-order valence-electron chi connectivity index (χ2n) is 5.79. The number of hydrogen-bond donors (Lipinski definition) is 3. The minimum absolute atomic E-state index is 0.0799. The van der Waals surface area contributed by atoms with Gasteiger partial charge in [-0.2, -0.15) is 5.10 Å². The molecule has 0 saturated heterocycles. The number of aromatic carboxylic acids is 1. The van der Waals surface area contributed by atoms with Gasteiger partial charge in [0, 0.05) is 30.6 Å². The highest BCUT2D eigenvalue weighted by atomic mass is 16.4. The summed E-state index contributed by atoms with van der Waals surface area (Å²) < 4.78 is 0. The molecule has 0 spiro atoms. The van der Waals surface area contributed by atoms with Crippen molar-refractivity contribution in [2.45, 2.75) is 26.3 Å². The molecule has 0 amide bonds. The molecule has 128 valence electrons. The monoisotopic (exact) mass is 338 g/mol. The van der Waals surface area contributed by atoms with Gasteiger partial charge in [0.05, 0.1) is 22.6 Å². The maximum absolute atomic E-state index is 11.1. The number of carbonyl (C=O) groups is 1. The molecule has 8 heteroatoms. The van der Waals surface area contributed by atoms with Gasteiger partial charge in [0.15, 0.2) is 0 Å². The van der Waals surface area contributed by atoms with Crippen LogP contribution < -0.4 is 5.32 Å². The summed E-state index contributed by atoms with van der Waals surface area (Å²) in [5.41, 5.74) is 3.19. The third-order valence-electron chi connectivity index (χ3n) is 3.57. The Morgan fingerprint density at radius 3 is 2.76 bits per heavy atom. The Labute approximate surface area is 144 Å². The summed E-state index contributed by atoms with van der Waals surface area (Å²) in [6, 6.07) is 6.71. The topological polar surface area (TPSA) is 117 Å². The summed E-state index contributed by atoms with van der Waals surface area (Å²) >= 11 is 0. The van der Waals surface area contributed by atoms with Crippen LogP contribution in [0.25, 0.3) is 11.4 Å². The van der Waals surface area contributed by atoms with Crippen molar-refractivity contribution in [2.75, 3.05) is 5.32 Å². The number of H-pyrrole nitrogens is 1. The standard InChI is InChI=1S/C17H18N6O2/c1-10(7-13-8-11(2)22-23-13)20-17-19-6-4-14(21-17)15-9-12(16(24)25)3-5-18-15/h3-6,8-10H,7H2,1-2H3,(H,22,23)(H,24,25)(H,19,20,21)/t10-/m0/s1. The number of anilines is 1. The van der Waals surface area contributed by atoms with Crippen molar-refractivity contribution in [3.05, 3.63) is 53.6 Å². The second kappa shape index (κ2) is 7.08. The van der Waals surface area contributed by atoms with Crippen LogP contribution in [0.15, 0.2) is 36.7 Å². The van der Waals surface area contributed by atoms with E-state index in [1.54, 1.807) is 12.3 Å². The van der Waals surface area contributed by atoms with E-state index < -0.39 is 5.97 Å². The predicted molar refractivity (Wildman–Crippen MR) is 92.3 cm³/mol. The highest BCUT2D eigenvalue weighted by Gasteiger charge is 2.11. The van der Waals surface area contributed by atoms with Crippen molar-refractivity contribution in [1.82, 2.24) is 25.1 Å². The molecule has 0 bridgehead atoms. The second-order valence-corrected chi connectivity index (χ2v) is 5.79. The van der Waals surface area contributed by atoms with Crippen LogP contribution in [0.4, 0.5) is 5.95 Å². The zero-order chi connectivity index (χ0) is 17.8. The smallest absolute Gasteiger partial charge is 0.335 e. The van der Waals surface area contributed by atoms with Gasteiger partial charge in [0.25, 0.3) is 0 Å². The van der Waals surface area contributed by atoms with Gasteiger partial charge in [-0.05, 0) is 38.1 Å². The molecule has 8 nitrogen and oxygen atoms in total. The predicted octanol–water partition coefficient (Wildman–Crippen LogP) is 2.31. The van der Waals surface area contributed by atoms with E-state index in [1.165, 1.54) is 18.3 Å². The van der Waals surface area contributed by atoms with Gasteiger partial charge in [-0.15, -0.1) is 0 Å². The van der Waals surface area contributed by atoms with Crippen LogP contribution in [0.2, 0.25) is 0 Å². The van der Waals surface area contributed by atoms with Gasteiger partial charge in [0.1, 0.15) is 0 Å². The number of nitrogens with zero attached hydrogens (tertiary/aromatic N) is 4. The van der Waals surface area contributed by atoms with Crippen LogP contribution in [-0.4, -0.2) is 42.3 Å². The van der Waals surface area contributed by atoms with E-state index in [-0.39, 0.29) is 11.6 Å². The van der Waals surface area contributed by atoms with Crippen LogP contribution in [0, 0.1) is 6.92 Å². The lowest BCUT2D eigenvalue weighted by atomic mass is 10.2. The van der Waals surface area contributed by atoms with Crippen molar-refractivity contribution in [3.63, 3.8) is 0 Å². The summed E-state index contributed by atoms with van der Waals surface area (Å²) in [4.78, 5) is 23.9. The highest BCUT2D eigenvalue weighted by molar-refractivity contribution is 5.88. The maximum Gasteiger partial charge on any atom is 0.335 e. The Morgan fingerprint density at radius 2 is 2.04 bits per heavy atom. The van der Waals surface area contributed by atoms with E-state index in [0.717, 1.165) is 17.8 Å². The quantitative estimate of drug-likeness (QED) is 0.631. The molecule has 0 unspecified atom stereocenters. The Morgan fingerprint density at radius 1 is 1.24 bits per heavy atom. The Bertz CT molecular complexity index is 892. The third-order valence-corrected chi connectivity index (χ3v) is 3.57. The third kappa shape index (κ3) is 4.17. The Kier molecular flexibility index (Phi) is 4.69. The van der Waals surface area contributed by atoms with E-state index in [0.29, 0.717) is 17.3 Å². The molecule has 3 rings (SSSR count). The fourth-order valence-corrected chi connectivity index (χ4v) is 2.44. The summed E-state index contributed by atoms with van der Waals surface area (Å²) in [5.74, 6) is -0.543. The number of nitrogens with one attached hydrogen (secondary N) is 2. The van der Waals surface area contributed by atoms with Gasteiger partial charge in [-0.25, -0.2) is 14.8 Å². The minimum Gasteiger partial charge on any atom is -0.478 e. The highest BCUT2D eigenvalue weighted by Crippen LogP contribution is 2.17. The number of rotatable bonds is 6. The average Bonchev–Trinajstić information content (AvgIpc) is 3.00. The van der Waals surface area contributed by atoms with E-state index in [1.807, 2.05) is 19.9 Å². The van der Waals surface area contributed by atoms with Crippen LogP contribution in [0.3, 0.4) is 0 Å². The molecule has 3 aromatic heterocycles. The Balaban J connectivity index is 1.75. The normalized spacial score (nSPS) is 11.9. The zero-order valence-electron chi connectivity index (χ0n) is 13.9. The van der Waals surface area contributed by atoms with E-state index in [2.05, 4.69) is 30.5 Å². The van der Waals surface area contributed by atoms with Crippen molar-refractivity contribution < 1.29 is 9.90 Å². The first kappa shape index (κ1) is 16.6. The van der Waals surface area contributed by atoms with Gasteiger partial charge < -0.3 is 10.4 Å². The molecule has 3 N–H and O–H groups in total. The first-order valence-corrected chi connectivity index (χ1v) is 7.81. The molecular formula is C17H18N6O2. The van der Waals surface area contributed by atoms with Gasteiger partial charge >= 0.3 is 5.97 Å². The molecule has 0 radical (unpaired) electrons. The largest absolute Gasteiger partial charge is 0.478 e. The SMILES string of the molecule is Cc1cc(C[C@H](C)Nc2nccc(-c3cc(C(=O)O)ccn3)n2)n[nH]1. The van der Waals surface area contributed by atoms with Gasteiger partial charge in [-0.1, -0.05) is 0 Å². The first-order valence-electron chi connectivity index (χ1n) is 7.81. The lowest BCUT2D eigenvalue weighted by Crippen LogP contribution is -2.20. The zero-order valence-corrected chi connectivity index (χ0v) is 13.9. The number of pyridine rings is 1. The van der Waals surface area contributed by atoms with E-state index in [4.69, 9.17) is 5.11 Å². The molecule has 0 fully saturated rings. The van der Waals surface area contributed by atoms with Gasteiger partial charge in [-0.3, -0.25) is 10.1 Å². The van der Waals surface area contributed by atoms with Crippen molar-refractivity contribution in [2.24, 2.45) is 0 Å². The number of aryl methyl sites for hydroxylation is 1. The minimum atomic E-state index is -1.00. The molecule has 0 aliphatic carbocycles. The number of hydrogen-bond acceptors (Lipinski definition) is 6. The Hall–Kier alpha value is -3.29. The summed E-state index contributed by atoms with van der Waals surface area (Å²) in [5, 5.41) is 19.5. The van der Waals surface area contributed by atoms with Crippen molar-refractivity contribution >= 4 is 11.9 Å². The fraction of sp³-hybridized carbons (Fsp3) is 0.235. The fourth-order valence-electron chi connectivity index (χ4n) is 2.44. The number of carboxylic acid groups (broad SMARTS) is 1. The van der Waals surface area contributed by atoms with E-state index in [9.17, 15) is 4.79 Å².